The largest absolute Gasteiger partial charge is 0.379 e. The van der Waals surface area contributed by atoms with Crippen LogP contribution >= 0.6 is 0 Å². The molecule has 1 rings (SSSR count). The van der Waals surface area contributed by atoms with Crippen LogP contribution in [0.3, 0.4) is 0 Å². The zero-order valence-electron chi connectivity index (χ0n) is 11.0. The summed E-state index contributed by atoms with van der Waals surface area (Å²) in [7, 11) is 1.67. The Balaban J connectivity index is 3.01. The molecule has 0 aromatic rings. The van der Waals surface area contributed by atoms with Gasteiger partial charge in [0.1, 0.15) is 5.41 Å². The maximum absolute atomic E-state index is 9.56. The summed E-state index contributed by atoms with van der Waals surface area (Å²) in [5.41, 5.74) is -1.09. The highest BCUT2D eigenvalue weighted by Crippen LogP contribution is 2.52. The van der Waals surface area contributed by atoms with Gasteiger partial charge in [-0.3, -0.25) is 0 Å². The van der Waals surface area contributed by atoms with Crippen molar-refractivity contribution in [3.8, 4) is 6.07 Å². The van der Waals surface area contributed by atoms with E-state index in [2.05, 4.69) is 37.1 Å². The first-order valence-corrected chi connectivity index (χ1v) is 5.55. The van der Waals surface area contributed by atoms with E-state index >= 15 is 0 Å². The Morgan fingerprint density at radius 3 is 1.94 bits per heavy atom. The van der Waals surface area contributed by atoms with E-state index in [-0.39, 0.29) is 17.2 Å². The van der Waals surface area contributed by atoms with Gasteiger partial charge in [-0.2, -0.15) is 15.5 Å². The molecule has 0 radical (unpaired) electrons. The lowest BCUT2D eigenvalue weighted by Gasteiger charge is -2.41. The molecule has 0 saturated heterocycles. The van der Waals surface area contributed by atoms with Crippen LogP contribution in [0.2, 0.25) is 0 Å². The average Bonchev–Trinajstić information content (AvgIpc) is 2.95. The standard InChI is InChI=1S/C12H21N3O/c1-10(2,3)12(8-13,9-14-15-9)7-11(4,5)16-6/h9H,7H2,1-6H3. The third kappa shape index (κ3) is 2.25. The van der Waals surface area contributed by atoms with E-state index in [0.29, 0.717) is 6.42 Å². The molecule has 0 bridgehead atoms. The fourth-order valence-electron chi connectivity index (χ4n) is 1.98. The highest BCUT2D eigenvalue weighted by molar-refractivity contribution is 5.16. The van der Waals surface area contributed by atoms with Crippen molar-refractivity contribution in [3.63, 3.8) is 0 Å². The van der Waals surface area contributed by atoms with E-state index in [9.17, 15) is 5.26 Å². The van der Waals surface area contributed by atoms with Crippen molar-refractivity contribution >= 4 is 0 Å². The average molecular weight is 223 g/mol. The molecule has 0 spiro atoms. The lowest BCUT2D eigenvalue weighted by atomic mass is 9.62. The first-order valence-electron chi connectivity index (χ1n) is 5.55. The first-order chi connectivity index (χ1) is 7.18. The number of nitrogens with zero attached hydrogens (tertiary/aromatic N) is 3. The quantitative estimate of drug-likeness (QED) is 0.735. The minimum absolute atomic E-state index is 0.175. The highest BCUT2D eigenvalue weighted by Gasteiger charge is 2.55. The maximum Gasteiger partial charge on any atom is 0.200 e. The normalized spacial score (nSPS) is 20.3. The molecular formula is C12H21N3O. The van der Waals surface area contributed by atoms with Crippen molar-refractivity contribution in [1.29, 1.82) is 5.26 Å². The molecule has 1 aliphatic heterocycles. The van der Waals surface area contributed by atoms with Crippen molar-refractivity contribution in [3.05, 3.63) is 0 Å². The number of hydrogen-bond acceptors (Lipinski definition) is 4. The summed E-state index contributed by atoms with van der Waals surface area (Å²) in [6, 6.07) is 2.44. The molecular weight excluding hydrogens is 202 g/mol. The van der Waals surface area contributed by atoms with Gasteiger partial charge in [0.15, 0.2) is 6.17 Å². The maximum atomic E-state index is 9.56. The molecule has 1 unspecified atom stereocenters. The van der Waals surface area contributed by atoms with Gasteiger partial charge in [-0.05, 0) is 25.7 Å². The summed E-state index contributed by atoms with van der Waals surface area (Å²) >= 11 is 0. The molecule has 90 valence electrons. The van der Waals surface area contributed by atoms with Crippen LogP contribution in [0.5, 0.6) is 0 Å². The van der Waals surface area contributed by atoms with Crippen LogP contribution in [-0.2, 0) is 4.74 Å². The minimum Gasteiger partial charge on any atom is -0.379 e. The second-order valence-electron chi connectivity index (χ2n) is 6.08. The van der Waals surface area contributed by atoms with Crippen LogP contribution in [-0.4, -0.2) is 18.9 Å². The molecule has 16 heavy (non-hydrogen) atoms. The second kappa shape index (κ2) is 3.81. The topological polar surface area (TPSA) is 57.7 Å². The zero-order chi connectivity index (χ0) is 12.6. The van der Waals surface area contributed by atoms with Crippen molar-refractivity contribution < 1.29 is 4.74 Å². The van der Waals surface area contributed by atoms with Crippen molar-refractivity contribution in [2.45, 2.75) is 52.8 Å². The summed E-state index contributed by atoms with van der Waals surface area (Å²) < 4.78 is 5.43. The summed E-state index contributed by atoms with van der Waals surface area (Å²) in [6.07, 6.45) is 0.445. The lowest BCUT2D eigenvalue weighted by molar-refractivity contribution is -0.0352. The summed E-state index contributed by atoms with van der Waals surface area (Å²) in [6.45, 7) is 10.2. The van der Waals surface area contributed by atoms with E-state index in [4.69, 9.17) is 4.74 Å². The van der Waals surface area contributed by atoms with Crippen molar-refractivity contribution in [2.75, 3.05) is 7.11 Å². The van der Waals surface area contributed by atoms with Gasteiger partial charge < -0.3 is 4.74 Å². The number of methoxy groups -OCH3 is 1. The molecule has 0 amide bonds. The number of nitriles is 1. The SMILES string of the molecule is COC(C)(C)CC(C#N)(C1N=N1)C(C)(C)C. The Hall–Kier alpha value is -0.950. The van der Waals surface area contributed by atoms with Crippen LogP contribution in [0.25, 0.3) is 0 Å². The van der Waals surface area contributed by atoms with Gasteiger partial charge in [0.25, 0.3) is 0 Å². The molecule has 0 aromatic heterocycles. The number of hydrogen-bond donors (Lipinski definition) is 0. The third-order valence-electron chi connectivity index (χ3n) is 3.47. The van der Waals surface area contributed by atoms with Crippen LogP contribution in [0.1, 0.15) is 41.0 Å². The van der Waals surface area contributed by atoms with E-state index in [1.54, 1.807) is 7.11 Å². The van der Waals surface area contributed by atoms with Gasteiger partial charge in [-0.25, -0.2) is 0 Å². The summed E-state index contributed by atoms with van der Waals surface area (Å²) in [4.78, 5) is 0. The molecule has 4 nitrogen and oxygen atoms in total. The van der Waals surface area contributed by atoms with Crippen molar-refractivity contribution in [1.82, 2.24) is 0 Å². The summed E-state index contributed by atoms with van der Waals surface area (Å²) in [5, 5.41) is 17.5. The van der Waals surface area contributed by atoms with E-state index in [0.717, 1.165) is 0 Å². The van der Waals surface area contributed by atoms with Crippen LogP contribution < -0.4 is 0 Å². The molecule has 1 aliphatic rings. The fraction of sp³-hybridized carbons (Fsp3) is 0.917. The molecule has 0 N–H and O–H groups in total. The fourth-order valence-corrected chi connectivity index (χ4v) is 1.98. The molecule has 0 aromatic carbocycles. The monoisotopic (exact) mass is 223 g/mol. The Morgan fingerprint density at radius 1 is 1.19 bits per heavy atom. The first kappa shape index (κ1) is 13.1. The second-order valence-corrected chi connectivity index (χ2v) is 6.08. The van der Waals surface area contributed by atoms with Crippen molar-refractivity contribution in [2.24, 2.45) is 21.1 Å². The Bertz CT molecular complexity index is 329. The van der Waals surface area contributed by atoms with Crippen LogP contribution in [0.4, 0.5) is 0 Å². The van der Waals surface area contributed by atoms with E-state index in [1.807, 2.05) is 13.8 Å². The van der Waals surface area contributed by atoms with Gasteiger partial charge in [0.05, 0.1) is 11.7 Å². The smallest absolute Gasteiger partial charge is 0.200 e. The predicted octanol–water partition coefficient (Wildman–Crippen LogP) is 3.15. The Labute approximate surface area is 97.7 Å². The van der Waals surface area contributed by atoms with E-state index in [1.165, 1.54) is 0 Å². The van der Waals surface area contributed by atoms with Crippen LogP contribution in [0, 0.1) is 22.2 Å². The lowest BCUT2D eigenvalue weighted by Crippen LogP contribution is -2.45. The van der Waals surface area contributed by atoms with Gasteiger partial charge in [0, 0.05) is 7.11 Å². The molecule has 0 aliphatic carbocycles. The van der Waals surface area contributed by atoms with Gasteiger partial charge in [-0.1, -0.05) is 20.8 Å². The molecule has 0 fully saturated rings. The zero-order valence-corrected chi connectivity index (χ0v) is 11.0. The summed E-state index contributed by atoms with van der Waals surface area (Å²) in [5.74, 6) is 0. The Morgan fingerprint density at radius 2 is 1.69 bits per heavy atom. The molecule has 0 saturated carbocycles. The van der Waals surface area contributed by atoms with Gasteiger partial charge in [-0.15, -0.1) is 0 Å². The van der Waals surface area contributed by atoms with Crippen LogP contribution in [0.15, 0.2) is 10.2 Å². The predicted molar refractivity (Wildman–Crippen MR) is 61.9 cm³/mol. The van der Waals surface area contributed by atoms with E-state index < -0.39 is 5.41 Å². The third-order valence-corrected chi connectivity index (χ3v) is 3.47. The highest BCUT2D eigenvalue weighted by atomic mass is 16.5. The number of ether oxygens (including phenoxy) is 1. The number of rotatable bonds is 4. The molecule has 1 heterocycles. The minimum atomic E-state index is -0.577. The molecule has 1 atom stereocenters. The van der Waals surface area contributed by atoms with Gasteiger partial charge in [0.2, 0.25) is 0 Å². The van der Waals surface area contributed by atoms with Gasteiger partial charge >= 0.3 is 0 Å². The Kier molecular flexibility index (Phi) is 3.13. The molecule has 4 heteroatoms.